The molecule has 3 aromatic rings. The third kappa shape index (κ3) is 4.92. The van der Waals surface area contributed by atoms with E-state index in [1.165, 1.54) is 5.56 Å². The molecule has 5 nitrogen and oxygen atoms in total. The van der Waals surface area contributed by atoms with Crippen molar-refractivity contribution in [3.63, 3.8) is 0 Å². The van der Waals surface area contributed by atoms with Gasteiger partial charge >= 0.3 is 6.03 Å². The van der Waals surface area contributed by atoms with Crippen LogP contribution < -0.4 is 14.8 Å². The van der Waals surface area contributed by atoms with Crippen LogP contribution in [-0.2, 0) is 6.54 Å². The van der Waals surface area contributed by atoms with Crippen LogP contribution in [0.25, 0.3) is 11.1 Å². The highest BCUT2D eigenvalue weighted by Gasteiger charge is 2.17. The van der Waals surface area contributed by atoms with E-state index in [1.807, 2.05) is 43.3 Å². The summed E-state index contributed by atoms with van der Waals surface area (Å²) in [4.78, 5) is 14.3. The number of rotatable bonds is 7. The maximum atomic E-state index is 12.7. The first-order valence-corrected chi connectivity index (χ1v) is 9.90. The van der Waals surface area contributed by atoms with E-state index >= 15 is 0 Å². The van der Waals surface area contributed by atoms with Gasteiger partial charge in [-0.25, -0.2) is 4.79 Å². The number of ether oxygens (including phenoxy) is 2. The molecule has 0 aromatic heterocycles. The van der Waals surface area contributed by atoms with Gasteiger partial charge in [0.25, 0.3) is 0 Å². The fourth-order valence-corrected chi connectivity index (χ4v) is 3.38. The Balaban J connectivity index is 1.64. The van der Waals surface area contributed by atoms with Crippen LogP contribution in [0.3, 0.4) is 0 Å². The van der Waals surface area contributed by atoms with Crippen molar-refractivity contribution in [2.24, 2.45) is 0 Å². The van der Waals surface area contributed by atoms with Crippen LogP contribution in [0.5, 0.6) is 11.5 Å². The van der Waals surface area contributed by atoms with Crippen LogP contribution in [0.4, 0.5) is 4.79 Å². The van der Waals surface area contributed by atoms with Crippen LogP contribution in [0.1, 0.15) is 24.1 Å². The van der Waals surface area contributed by atoms with Crippen molar-refractivity contribution in [2.45, 2.75) is 19.5 Å². The Morgan fingerprint density at radius 1 is 0.900 bits per heavy atom. The van der Waals surface area contributed by atoms with Gasteiger partial charge in [-0.3, -0.25) is 0 Å². The van der Waals surface area contributed by atoms with Crippen molar-refractivity contribution >= 4 is 6.03 Å². The number of methoxy groups -OCH3 is 2. The molecule has 2 amide bonds. The molecule has 30 heavy (non-hydrogen) atoms. The zero-order valence-electron chi connectivity index (χ0n) is 17.9. The SMILES string of the molecule is COc1cccc(CN(C)C(=O)N[C@H](C)c2ccc(-c3ccccc3)cc2)c1OC. The van der Waals surface area contributed by atoms with Crippen LogP contribution in [-0.4, -0.2) is 32.2 Å². The summed E-state index contributed by atoms with van der Waals surface area (Å²) in [5.41, 5.74) is 4.26. The molecule has 0 aliphatic rings. The second-order valence-corrected chi connectivity index (χ2v) is 7.17. The number of nitrogens with zero attached hydrogens (tertiary/aromatic N) is 1. The van der Waals surface area contributed by atoms with Gasteiger partial charge in [0.05, 0.1) is 26.8 Å². The Morgan fingerprint density at radius 3 is 2.20 bits per heavy atom. The Bertz CT molecular complexity index is 971. The molecular formula is C25H28N2O3. The number of carbonyl (C=O) groups excluding carboxylic acids is 1. The van der Waals surface area contributed by atoms with Crippen LogP contribution in [0.15, 0.2) is 72.8 Å². The summed E-state index contributed by atoms with van der Waals surface area (Å²) in [6.45, 7) is 2.39. The second kappa shape index (κ2) is 9.83. The van der Waals surface area contributed by atoms with Crippen molar-refractivity contribution in [2.75, 3.05) is 21.3 Å². The van der Waals surface area contributed by atoms with E-state index in [9.17, 15) is 4.79 Å². The Labute approximate surface area is 178 Å². The number of hydrogen-bond acceptors (Lipinski definition) is 3. The van der Waals surface area contributed by atoms with Gasteiger partial charge in [0, 0.05) is 12.6 Å². The maximum absolute atomic E-state index is 12.7. The van der Waals surface area contributed by atoms with Gasteiger partial charge in [0.15, 0.2) is 11.5 Å². The lowest BCUT2D eigenvalue weighted by Gasteiger charge is -2.23. The molecule has 5 heteroatoms. The minimum absolute atomic E-state index is 0.114. The second-order valence-electron chi connectivity index (χ2n) is 7.17. The monoisotopic (exact) mass is 404 g/mol. The predicted molar refractivity (Wildman–Crippen MR) is 120 cm³/mol. The number of hydrogen-bond donors (Lipinski definition) is 1. The zero-order valence-corrected chi connectivity index (χ0v) is 17.9. The van der Waals surface area contributed by atoms with Gasteiger partial charge in [-0.2, -0.15) is 0 Å². The molecule has 1 N–H and O–H groups in total. The summed E-state index contributed by atoms with van der Waals surface area (Å²) < 4.78 is 10.8. The first-order valence-electron chi connectivity index (χ1n) is 9.90. The molecule has 0 saturated heterocycles. The van der Waals surface area contributed by atoms with Gasteiger partial charge in [0.2, 0.25) is 0 Å². The fourth-order valence-electron chi connectivity index (χ4n) is 3.38. The van der Waals surface area contributed by atoms with Gasteiger partial charge in [-0.15, -0.1) is 0 Å². The quantitative estimate of drug-likeness (QED) is 0.583. The molecule has 0 saturated carbocycles. The van der Waals surface area contributed by atoms with Crippen molar-refractivity contribution in [1.82, 2.24) is 10.2 Å². The standard InChI is InChI=1S/C25H28N2O3/c1-18(19-13-15-21(16-14-19)20-9-6-5-7-10-20)26-25(28)27(2)17-22-11-8-12-23(29-3)24(22)30-4/h5-16,18H,17H2,1-4H3,(H,26,28)/t18-/m1/s1. The average molecular weight is 405 g/mol. The summed E-state index contributed by atoms with van der Waals surface area (Å²) in [6, 6.07) is 23.9. The number of carbonyl (C=O) groups is 1. The van der Waals surface area contributed by atoms with E-state index in [0.29, 0.717) is 18.0 Å². The number of urea groups is 1. The number of para-hydroxylation sites is 1. The summed E-state index contributed by atoms with van der Waals surface area (Å²) in [5.74, 6) is 1.29. The van der Waals surface area contributed by atoms with Crippen LogP contribution in [0.2, 0.25) is 0 Å². The predicted octanol–water partition coefficient (Wildman–Crippen LogP) is 5.27. The van der Waals surface area contributed by atoms with E-state index in [0.717, 1.165) is 16.7 Å². The Morgan fingerprint density at radius 2 is 1.57 bits per heavy atom. The summed E-state index contributed by atoms with van der Waals surface area (Å²) >= 11 is 0. The van der Waals surface area contributed by atoms with Crippen LogP contribution >= 0.6 is 0 Å². The lowest BCUT2D eigenvalue weighted by molar-refractivity contribution is 0.203. The molecule has 0 radical (unpaired) electrons. The molecule has 3 aromatic carbocycles. The molecule has 1 atom stereocenters. The largest absolute Gasteiger partial charge is 0.493 e. The molecule has 0 fully saturated rings. The molecule has 0 aliphatic heterocycles. The highest BCUT2D eigenvalue weighted by atomic mass is 16.5. The molecule has 0 spiro atoms. The zero-order chi connectivity index (χ0) is 21.5. The minimum atomic E-state index is -0.153. The first kappa shape index (κ1) is 21.2. The lowest BCUT2D eigenvalue weighted by atomic mass is 10.0. The molecule has 3 rings (SSSR count). The Hall–Kier alpha value is -3.47. The Kier molecular flexibility index (Phi) is 6.96. The maximum Gasteiger partial charge on any atom is 0.317 e. The smallest absolute Gasteiger partial charge is 0.317 e. The van der Waals surface area contributed by atoms with Gasteiger partial charge in [0.1, 0.15) is 0 Å². The molecule has 156 valence electrons. The highest BCUT2D eigenvalue weighted by molar-refractivity contribution is 5.74. The van der Waals surface area contributed by atoms with Crippen molar-refractivity contribution < 1.29 is 14.3 Å². The van der Waals surface area contributed by atoms with E-state index in [2.05, 4.69) is 41.7 Å². The molecule has 0 heterocycles. The van der Waals surface area contributed by atoms with E-state index < -0.39 is 0 Å². The third-order valence-electron chi connectivity index (χ3n) is 5.10. The summed E-state index contributed by atoms with van der Waals surface area (Å²) in [5, 5.41) is 3.06. The topological polar surface area (TPSA) is 50.8 Å². The van der Waals surface area contributed by atoms with Crippen molar-refractivity contribution in [3.05, 3.63) is 83.9 Å². The van der Waals surface area contributed by atoms with E-state index in [1.54, 1.807) is 26.2 Å². The van der Waals surface area contributed by atoms with Gasteiger partial charge in [-0.1, -0.05) is 66.7 Å². The van der Waals surface area contributed by atoms with Crippen LogP contribution in [0, 0.1) is 0 Å². The molecule has 0 aliphatic carbocycles. The molecule has 0 bridgehead atoms. The highest BCUT2D eigenvalue weighted by Crippen LogP contribution is 2.31. The average Bonchev–Trinajstić information content (AvgIpc) is 2.79. The minimum Gasteiger partial charge on any atom is -0.493 e. The summed E-state index contributed by atoms with van der Waals surface area (Å²) in [7, 11) is 4.96. The number of nitrogens with one attached hydrogen (secondary N) is 1. The van der Waals surface area contributed by atoms with Crippen molar-refractivity contribution in [1.29, 1.82) is 0 Å². The fraction of sp³-hybridized carbons (Fsp3) is 0.240. The molecular weight excluding hydrogens is 376 g/mol. The van der Waals surface area contributed by atoms with Gasteiger partial charge < -0.3 is 19.7 Å². The number of benzene rings is 3. The molecule has 0 unspecified atom stereocenters. The summed E-state index contributed by atoms with van der Waals surface area (Å²) in [6.07, 6.45) is 0. The van der Waals surface area contributed by atoms with E-state index in [4.69, 9.17) is 9.47 Å². The van der Waals surface area contributed by atoms with Gasteiger partial charge in [-0.05, 0) is 29.7 Å². The third-order valence-corrected chi connectivity index (χ3v) is 5.10. The normalized spacial score (nSPS) is 11.5. The first-order chi connectivity index (χ1) is 14.5. The number of amides is 2. The lowest BCUT2D eigenvalue weighted by Crippen LogP contribution is -2.38. The van der Waals surface area contributed by atoms with E-state index in [-0.39, 0.29) is 12.1 Å². The van der Waals surface area contributed by atoms with Crippen molar-refractivity contribution in [3.8, 4) is 22.6 Å².